The van der Waals surface area contributed by atoms with E-state index in [1.807, 2.05) is 60.7 Å². The fraction of sp³-hybridized carbons (Fsp3) is 0.381. The van der Waals surface area contributed by atoms with Gasteiger partial charge in [0.1, 0.15) is 0 Å². The average Bonchev–Trinajstić information content (AvgIpc) is 2.97. The largest absolute Gasteiger partial charge is 0.396 e. The molecule has 1 aliphatic heterocycles. The number of likely N-dealkylation sites (tertiary alicyclic amines) is 1. The van der Waals surface area contributed by atoms with Crippen LogP contribution in [0.4, 0.5) is 0 Å². The highest BCUT2D eigenvalue weighted by atomic mass is 16.5. The Morgan fingerprint density at radius 2 is 1.65 bits per heavy atom. The van der Waals surface area contributed by atoms with Crippen molar-refractivity contribution in [1.29, 1.82) is 0 Å². The Balaban J connectivity index is 1.74. The van der Waals surface area contributed by atoms with Gasteiger partial charge in [-0.15, -0.1) is 0 Å². The number of ether oxygens (including phenoxy) is 1. The predicted molar refractivity (Wildman–Crippen MR) is 98.1 cm³/mol. The summed E-state index contributed by atoms with van der Waals surface area (Å²) in [7, 11) is 0. The van der Waals surface area contributed by atoms with Gasteiger partial charge >= 0.3 is 0 Å². The molecule has 0 aliphatic carbocycles. The van der Waals surface area contributed by atoms with Crippen molar-refractivity contribution >= 4 is 5.91 Å². The number of nitrogens with zero attached hydrogens (tertiary/aromatic N) is 1. The number of aliphatic hydroxyl groups is 2. The lowest BCUT2D eigenvalue weighted by Gasteiger charge is -2.32. The van der Waals surface area contributed by atoms with Gasteiger partial charge in [0.25, 0.3) is 0 Å². The summed E-state index contributed by atoms with van der Waals surface area (Å²) in [5, 5.41) is 19.8. The Labute approximate surface area is 153 Å². The minimum atomic E-state index is -0.823. The molecule has 0 bridgehead atoms. The first-order valence-electron chi connectivity index (χ1n) is 8.97. The van der Waals surface area contributed by atoms with Crippen LogP contribution in [0.1, 0.15) is 24.0 Å². The van der Waals surface area contributed by atoms with Crippen LogP contribution in [0.2, 0.25) is 0 Å². The molecule has 2 N–H and O–H groups in total. The van der Waals surface area contributed by atoms with Crippen LogP contribution in [-0.2, 0) is 22.7 Å². The Hall–Kier alpha value is -2.21. The number of carbonyl (C=O) groups excluding carboxylic acids is 1. The van der Waals surface area contributed by atoms with E-state index >= 15 is 0 Å². The van der Waals surface area contributed by atoms with E-state index in [0.29, 0.717) is 13.2 Å². The van der Waals surface area contributed by atoms with E-state index in [0.717, 1.165) is 11.1 Å². The average molecular weight is 355 g/mol. The van der Waals surface area contributed by atoms with Crippen molar-refractivity contribution in [1.82, 2.24) is 4.90 Å². The molecule has 1 aliphatic rings. The second kappa shape index (κ2) is 8.94. The number of benzene rings is 2. The van der Waals surface area contributed by atoms with Crippen LogP contribution in [0.5, 0.6) is 0 Å². The molecule has 0 spiro atoms. The molecule has 3 rings (SSSR count). The van der Waals surface area contributed by atoms with Gasteiger partial charge in [0.15, 0.2) is 0 Å². The van der Waals surface area contributed by atoms with Crippen LogP contribution in [0.15, 0.2) is 60.7 Å². The van der Waals surface area contributed by atoms with Crippen LogP contribution < -0.4 is 0 Å². The Morgan fingerprint density at radius 1 is 1.04 bits per heavy atom. The molecule has 2 aromatic carbocycles. The van der Waals surface area contributed by atoms with Gasteiger partial charge in [0, 0.05) is 13.2 Å². The molecular formula is C21H25NO4. The highest BCUT2D eigenvalue weighted by Crippen LogP contribution is 2.28. The maximum Gasteiger partial charge on any atom is 0.226 e. The van der Waals surface area contributed by atoms with Crippen LogP contribution in [0.25, 0.3) is 0 Å². The zero-order valence-corrected chi connectivity index (χ0v) is 14.7. The van der Waals surface area contributed by atoms with E-state index in [1.54, 1.807) is 4.90 Å². The molecule has 0 unspecified atom stereocenters. The molecule has 1 heterocycles. The summed E-state index contributed by atoms with van der Waals surface area (Å²) in [6.07, 6.45) is -0.759. The fourth-order valence-corrected chi connectivity index (χ4v) is 3.44. The molecule has 0 radical (unpaired) electrons. The van der Waals surface area contributed by atoms with E-state index in [-0.39, 0.29) is 25.4 Å². The lowest BCUT2D eigenvalue weighted by Crippen LogP contribution is -2.46. The third kappa shape index (κ3) is 4.49. The minimum absolute atomic E-state index is 0.0334. The van der Waals surface area contributed by atoms with Crippen LogP contribution in [0, 0.1) is 0 Å². The van der Waals surface area contributed by atoms with Gasteiger partial charge in [-0.25, -0.2) is 0 Å². The number of hydrogen-bond donors (Lipinski definition) is 2. The van der Waals surface area contributed by atoms with Crippen LogP contribution in [-0.4, -0.2) is 45.9 Å². The van der Waals surface area contributed by atoms with E-state index in [2.05, 4.69) is 0 Å². The second-order valence-corrected chi connectivity index (χ2v) is 6.62. The van der Waals surface area contributed by atoms with Gasteiger partial charge in [0.05, 0.1) is 31.3 Å². The normalized spacial score (nSPS) is 21.2. The number of hydrogen-bond acceptors (Lipinski definition) is 4. The van der Waals surface area contributed by atoms with Gasteiger partial charge in [-0.1, -0.05) is 60.7 Å². The quantitative estimate of drug-likeness (QED) is 0.761. The van der Waals surface area contributed by atoms with E-state index in [4.69, 9.17) is 4.74 Å². The first-order valence-corrected chi connectivity index (χ1v) is 8.97. The molecule has 1 amide bonds. The lowest BCUT2D eigenvalue weighted by molar-refractivity contribution is -0.131. The van der Waals surface area contributed by atoms with Crippen molar-refractivity contribution in [3.63, 3.8) is 0 Å². The summed E-state index contributed by atoms with van der Waals surface area (Å²) in [4.78, 5) is 14.3. The summed E-state index contributed by atoms with van der Waals surface area (Å²) in [5.74, 6) is -0.0334. The van der Waals surface area contributed by atoms with Gasteiger partial charge in [-0.3, -0.25) is 4.79 Å². The first kappa shape index (κ1) is 18.6. The summed E-state index contributed by atoms with van der Waals surface area (Å²) in [6, 6.07) is 19.0. The number of carbonyl (C=O) groups is 1. The zero-order chi connectivity index (χ0) is 18.4. The summed E-state index contributed by atoms with van der Waals surface area (Å²) in [5.41, 5.74) is 2.03. The van der Waals surface area contributed by atoms with Crippen molar-refractivity contribution < 1.29 is 19.7 Å². The lowest BCUT2D eigenvalue weighted by atomic mass is 10.0. The molecule has 26 heavy (non-hydrogen) atoms. The summed E-state index contributed by atoms with van der Waals surface area (Å²) < 4.78 is 6.00. The molecule has 5 heteroatoms. The highest BCUT2D eigenvalue weighted by molar-refractivity contribution is 5.80. The molecular weight excluding hydrogens is 330 g/mol. The van der Waals surface area contributed by atoms with E-state index in [1.165, 1.54) is 0 Å². The standard InChI is InChI=1S/C21H25NO4/c23-12-11-18(24)21-19(26-15-17-9-5-2-6-10-17)13-20(25)22(21)14-16-7-3-1-4-8-16/h1-10,18-19,21,23-24H,11-15H2/t18-,19+,21+/m1/s1. The SMILES string of the molecule is O=C1C[C@H](OCc2ccccc2)[C@H]([C@H](O)CCO)N1Cc1ccccc1. The third-order valence-corrected chi connectivity index (χ3v) is 4.76. The molecule has 2 aromatic rings. The van der Waals surface area contributed by atoms with Crippen molar-refractivity contribution in [2.75, 3.05) is 6.61 Å². The predicted octanol–water partition coefficient (Wildman–Crippen LogP) is 2.12. The van der Waals surface area contributed by atoms with Gasteiger partial charge < -0.3 is 19.8 Å². The van der Waals surface area contributed by atoms with E-state index < -0.39 is 18.2 Å². The van der Waals surface area contributed by atoms with Crippen LogP contribution >= 0.6 is 0 Å². The Kier molecular flexibility index (Phi) is 6.39. The molecule has 1 saturated heterocycles. The van der Waals surface area contributed by atoms with Gasteiger partial charge in [0.2, 0.25) is 5.91 Å². The van der Waals surface area contributed by atoms with Gasteiger partial charge in [-0.2, -0.15) is 0 Å². The molecule has 5 nitrogen and oxygen atoms in total. The van der Waals surface area contributed by atoms with Gasteiger partial charge in [-0.05, 0) is 17.5 Å². The Bertz CT molecular complexity index is 692. The monoisotopic (exact) mass is 355 g/mol. The maximum absolute atomic E-state index is 12.6. The third-order valence-electron chi connectivity index (χ3n) is 4.76. The molecule has 0 aromatic heterocycles. The van der Waals surface area contributed by atoms with Crippen molar-refractivity contribution in [2.24, 2.45) is 0 Å². The summed E-state index contributed by atoms with van der Waals surface area (Å²) >= 11 is 0. The smallest absolute Gasteiger partial charge is 0.226 e. The zero-order valence-electron chi connectivity index (χ0n) is 14.7. The van der Waals surface area contributed by atoms with Crippen molar-refractivity contribution in [3.05, 3.63) is 71.8 Å². The number of rotatable bonds is 8. The molecule has 3 atom stereocenters. The van der Waals surface area contributed by atoms with E-state index in [9.17, 15) is 15.0 Å². The fourth-order valence-electron chi connectivity index (χ4n) is 3.44. The summed E-state index contributed by atoms with van der Waals surface area (Å²) in [6.45, 7) is 0.689. The van der Waals surface area contributed by atoms with Crippen molar-refractivity contribution in [2.45, 2.75) is 44.2 Å². The van der Waals surface area contributed by atoms with Crippen molar-refractivity contribution in [3.8, 4) is 0 Å². The molecule has 1 fully saturated rings. The molecule has 138 valence electrons. The maximum atomic E-state index is 12.6. The number of aliphatic hydroxyl groups excluding tert-OH is 2. The number of amides is 1. The first-order chi connectivity index (χ1) is 12.7. The molecule has 0 saturated carbocycles. The topological polar surface area (TPSA) is 70.0 Å². The highest BCUT2D eigenvalue weighted by Gasteiger charge is 2.44. The Morgan fingerprint density at radius 3 is 2.27 bits per heavy atom. The minimum Gasteiger partial charge on any atom is -0.396 e. The van der Waals surface area contributed by atoms with Crippen LogP contribution in [0.3, 0.4) is 0 Å². The second-order valence-electron chi connectivity index (χ2n) is 6.62.